The first-order valence-electron chi connectivity index (χ1n) is 16.1. The maximum Gasteiger partial charge on any atom is 0.410 e. The smallest absolute Gasteiger partial charge is 0.410 e. The second-order valence-electron chi connectivity index (χ2n) is 12.2. The Labute approximate surface area is 273 Å². The molecule has 0 unspecified atom stereocenters. The average molecular weight is 628 g/mol. The molecule has 8 nitrogen and oxygen atoms in total. The van der Waals surface area contributed by atoms with Crippen molar-refractivity contribution in [3.05, 3.63) is 132 Å². The molecule has 0 bridgehead atoms. The molecule has 1 N–H and O–H groups in total. The number of carbonyl (C=O) groups is 3. The molecule has 2 atom stereocenters. The van der Waals surface area contributed by atoms with Gasteiger partial charge in [-0.15, -0.1) is 0 Å². The number of nitrogens with zero attached hydrogens (tertiary/aromatic N) is 2. The summed E-state index contributed by atoms with van der Waals surface area (Å²) in [5.41, 5.74) is 7.29. The molecule has 1 aromatic heterocycles. The van der Waals surface area contributed by atoms with Crippen molar-refractivity contribution < 1.29 is 23.9 Å². The average Bonchev–Trinajstić information content (AvgIpc) is 3.85. The molecule has 0 saturated carbocycles. The minimum Gasteiger partial charge on any atom is -0.467 e. The summed E-state index contributed by atoms with van der Waals surface area (Å²) < 4.78 is 11.3. The number of fused-ring (bicyclic) bond motifs is 4. The predicted octanol–water partition coefficient (Wildman–Crippen LogP) is 6.69. The van der Waals surface area contributed by atoms with Gasteiger partial charge < -0.3 is 19.4 Å². The molecule has 5 aromatic rings. The van der Waals surface area contributed by atoms with Crippen LogP contribution in [0.25, 0.3) is 22.0 Å². The van der Waals surface area contributed by atoms with Gasteiger partial charge in [0.25, 0.3) is 0 Å². The van der Waals surface area contributed by atoms with E-state index in [9.17, 15) is 14.4 Å². The lowest BCUT2D eigenvalue weighted by molar-refractivity contribution is -0.155. The number of hydrogen-bond acceptors (Lipinski definition) is 5. The Bertz CT molecular complexity index is 1870. The molecule has 7 rings (SSSR count). The van der Waals surface area contributed by atoms with Crippen LogP contribution >= 0.6 is 0 Å². The topological polar surface area (TPSA) is 91.9 Å². The van der Waals surface area contributed by atoms with Crippen LogP contribution in [0.5, 0.6) is 0 Å². The van der Waals surface area contributed by atoms with Gasteiger partial charge in [0.2, 0.25) is 5.91 Å². The number of rotatable bonds is 9. The minimum absolute atomic E-state index is 0.0856. The summed E-state index contributed by atoms with van der Waals surface area (Å²) in [5, 5.41) is 0.981. The van der Waals surface area contributed by atoms with Crippen molar-refractivity contribution >= 4 is 28.9 Å². The van der Waals surface area contributed by atoms with Crippen LogP contribution in [-0.4, -0.2) is 65.1 Å². The first kappa shape index (κ1) is 30.3. The highest BCUT2D eigenvalue weighted by Gasteiger charge is 2.42. The van der Waals surface area contributed by atoms with E-state index in [1.807, 2.05) is 85.1 Å². The van der Waals surface area contributed by atoms with Gasteiger partial charge in [-0.1, -0.05) is 97.1 Å². The van der Waals surface area contributed by atoms with Gasteiger partial charge in [0.15, 0.2) is 0 Å². The zero-order valence-corrected chi connectivity index (χ0v) is 26.3. The minimum atomic E-state index is -0.906. The van der Waals surface area contributed by atoms with E-state index >= 15 is 0 Å². The van der Waals surface area contributed by atoms with Crippen molar-refractivity contribution in [1.82, 2.24) is 14.8 Å². The number of methoxy groups -OCH3 is 1. The molecule has 0 radical (unpaired) electrons. The summed E-state index contributed by atoms with van der Waals surface area (Å²) in [6.07, 6.45) is 2.76. The van der Waals surface area contributed by atoms with Gasteiger partial charge in [-0.3, -0.25) is 9.69 Å². The van der Waals surface area contributed by atoms with Crippen LogP contribution in [0.1, 0.15) is 41.0 Å². The Morgan fingerprint density at radius 3 is 2.26 bits per heavy atom. The number of likely N-dealkylation sites (tertiary alicyclic amines) is 1. The zero-order chi connectivity index (χ0) is 32.3. The largest absolute Gasteiger partial charge is 0.467 e. The van der Waals surface area contributed by atoms with E-state index in [1.165, 1.54) is 12.0 Å². The molecular formula is C39H37N3O5. The highest BCUT2D eigenvalue weighted by atomic mass is 16.6. The van der Waals surface area contributed by atoms with Crippen LogP contribution in [-0.2, 0) is 32.0 Å². The molecule has 2 amide bonds. The van der Waals surface area contributed by atoms with E-state index in [0.29, 0.717) is 19.4 Å². The van der Waals surface area contributed by atoms with Crippen molar-refractivity contribution in [3.8, 4) is 11.1 Å². The molecular weight excluding hydrogens is 590 g/mol. The number of aromatic amines is 1. The number of ether oxygens (including phenoxy) is 2. The number of H-pyrrole nitrogens is 1. The first-order chi connectivity index (χ1) is 23.0. The Morgan fingerprint density at radius 1 is 0.872 bits per heavy atom. The summed E-state index contributed by atoms with van der Waals surface area (Å²) in [5.74, 6) is -0.891. The number of carbonyl (C=O) groups excluding carboxylic acids is 3. The molecule has 8 heteroatoms. The molecule has 0 spiro atoms. The quantitative estimate of drug-likeness (QED) is 0.184. The van der Waals surface area contributed by atoms with Crippen molar-refractivity contribution in [2.45, 2.75) is 43.8 Å². The van der Waals surface area contributed by atoms with Crippen molar-refractivity contribution in [3.63, 3.8) is 0 Å². The maximum atomic E-state index is 14.6. The van der Waals surface area contributed by atoms with Crippen LogP contribution in [0, 0.1) is 0 Å². The number of para-hydroxylation sites is 1. The molecule has 4 aromatic carbocycles. The lowest BCUT2D eigenvalue weighted by Crippen LogP contribution is -2.54. The van der Waals surface area contributed by atoms with E-state index < -0.39 is 24.1 Å². The fraction of sp³-hybridized carbons (Fsp3) is 0.256. The number of esters is 1. The van der Waals surface area contributed by atoms with Crippen LogP contribution in [0.2, 0.25) is 0 Å². The second-order valence-corrected chi connectivity index (χ2v) is 12.2. The Morgan fingerprint density at radius 2 is 1.53 bits per heavy atom. The maximum absolute atomic E-state index is 14.6. The van der Waals surface area contributed by atoms with Crippen molar-refractivity contribution in [1.29, 1.82) is 0 Å². The summed E-state index contributed by atoms with van der Waals surface area (Å²) in [6, 6.07) is 32.2. The lowest BCUT2D eigenvalue weighted by Gasteiger charge is -2.34. The zero-order valence-electron chi connectivity index (χ0n) is 26.3. The van der Waals surface area contributed by atoms with Gasteiger partial charge in [-0.25, -0.2) is 9.59 Å². The fourth-order valence-electron chi connectivity index (χ4n) is 7.20. The van der Waals surface area contributed by atoms with Gasteiger partial charge in [-0.05, 0) is 52.3 Å². The standard InChI is InChI=1S/C39H37N3O5/c1-46-38(44)36(22-27-23-40-34-19-10-9-14-28(27)34)42(24-26-12-3-2-4-13-26)37(43)35-20-11-21-41(35)39(45)47-25-33-31-17-7-5-15-29(31)30-16-6-8-18-32(30)33/h2-10,12-19,23,33,35-36,40H,11,20-22,24-25H2,1H3/t35-,36-/m0/s1. The molecule has 2 heterocycles. The van der Waals surface area contributed by atoms with Crippen molar-refractivity contribution in [2.75, 3.05) is 20.3 Å². The summed E-state index contributed by atoms with van der Waals surface area (Å²) in [6.45, 7) is 0.762. The Kier molecular flexibility index (Phi) is 8.48. The van der Waals surface area contributed by atoms with E-state index in [4.69, 9.17) is 9.47 Å². The molecule has 2 aliphatic rings. The summed E-state index contributed by atoms with van der Waals surface area (Å²) in [4.78, 5) is 48.1. The third-order valence-electron chi connectivity index (χ3n) is 9.52. The molecule has 1 saturated heterocycles. The Hall–Kier alpha value is -5.37. The lowest BCUT2D eigenvalue weighted by atomic mass is 9.98. The van der Waals surface area contributed by atoms with Gasteiger partial charge in [-0.2, -0.15) is 0 Å². The highest BCUT2D eigenvalue weighted by molar-refractivity contribution is 5.91. The molecule has 1 fully saturated rings. The van der Waals surface area contributed by atoms with Gasteiger partial charge >= 0.3 is 12.1 Å². The number of amides is 2. The Balaban J connectivity index is 1.14. The van der Waals surface area contributed by atoms with Crippen LogP contribution in [0.4, 0.5) is 4.79 Å². The molecule has 238 valence electrons. The molecule has 1 aliphatic carbocycles. The number of nitrogens with one attached hydrogen (secondary N) is 1. The monoisotopic (exact) mass is 627 g/mol. The molecule has 1 aliphatic heterocycles. The highest BCUT2D eigenvalue weighted by Crippen LogP contribution is 2.44. The van der Waals surface area contributed by atoms with Crippen LogP contribution in [0.3, 0.4) is 0 Å². The van der Waals surface area contributed by atoms with Crippen LogP contribution < -0.4 is 0 Å². The van der Waals surface area contributed by atoms with E-state index in [1.54, 1.807) is 4.90 Å². The van der Waals surface area contributed by atoms with Crippen LogP contribution in [0.15, 0.2) is 109 Å². The van der Waals surface area contributed by atoms with Gasteiger partial charge in [0.1, 0.15) is 18.7 Å². The van der Waals surface area contributed by atoms with Gasteiger partial charge in [0.05, 0.1) is 7.11 Å². The second kappa shape index (κ2) is 13.2. The first-order valence-corrected chi connectivity index (χ1v) is 16.1. The van der Waals surface area contributed by atoms with E-state index in [0.717, 1.165) is 44.3 Å². The third kappa shape index (κ3) is 5.87. The molecule has 47 heavy (non-hydrogen) atoms. The third-order valence-corrected chi connectivity index (χ3v) is 9.52. The number of hydrogen-bond donors (Lipinski definition) is 1. The number of aromatic nitrogens is 1. The van der Waals surface area contributed by atoms with E-state index in [2.05, 4.69) is 29.2 Å². The fourth-order valence-corrected chi connectivity index (χ4v) is 7.20. The van der Waals surface area contributed by atoms with E-state index in [-0.39, 0.29) is 31.4 Å². The number of benzene rings is 4. The van der Waals surface area contributed by atoms with Gasteiger partial charge in [0, 0.05) is 42.5 Å². The normalized spacial score (nSPS) is 16.0. The summed E-state index contributed by atoms with van der Waals surface area (Å²) in [7, 11) is 1.34. The van der Waals surface area contributed by atoms with Crippen molar-refractivity contribution in [2.24, 2.45) is 0 Å². The SMILES string of the molecule is COC(=O)[C@H](Cc1c[nH]c2ccccc12)N(Cc1ccccc1)C(=O)[C@@H]1CCCN1C(=O)OCC1c2ccccc2-c2ccccc21. The predicted molar refractivity (Wildman–Crippen MR) is 180 cm³/mol. The summed E-state index contributed by atoms with van der Waals surface area (Å²) >= 11 is 0.